The fraction of sp³-hybridized carbons (Fsp3) is 0.214. The highest BCUT2D eigenvalue weighted by Gasteiger charge is 2.17. The van der Waals surface area contributed by atoms with Crippen molar-refractivity contribution in [2.45, 2.75) is 20.0 Å². The maximum Gasteiger partial charge on any atom is 0.349 e. The predicted octanol–water partition coefficient (Wildman–Crippen LogP) is 3.87. The van der Waals surface area contributed by atoms with Crippen LogP contribution >= 0.6 is 11.3 Å². The molecule has 0 unspecified atom stereocenters. The SMILES string of the molecule is CCc1cc(OCc2cc(F)ccc2F)c(C(=O)O)s1. The Bertz CT molecular complexity index is 637. The molecule has 0 spiro atoms. The van der Waals surface area contributed by atoms with Crippen molar-refractivity contribution in [1.82, 2.24) is 0 Å². The van der Waals surface area contributed by atoms with Gasteiger partial charge in [-0.2, -0.15) is 0 Å². The molecule has 2 aromatic rings. The average molecular weight is 298 g/mol. The Hall–Kier alpha value is -1.95. The van der Waals surface area contributed by atoms with Crippen molar-refractivity contribution in [2.75, 3.05) is 0 Å². The van der Waals surface area contributed by atoms with Crippen LogP contribution < -0.4 is 4.74 Å². The zero-order chi connectivity index (χ0) is 14.7. The van der Waals surface area contributed by atoms with Crippen LogP contribution in [-0.4, -0.2) is 11.1 Å². The largest absolute Gasteiger partial charge is 0.487 e. The van der Waals surface area contributed by atoms with Gasteiger partial charge in [-0.3, -0.25) is 0 Å². The molecule has 0 radical (unpaired) electrons. The lowest BCUT2D eigenvalue weighted by Crippen LogP contribution is -2.02. The molecule has 0 saturated heterocycles. The van der Waals surface area contributed by atoms with E-state index < -0.39 is 17.6 Å². The van der Waals surface area contributed by atoms with Gasteiger partial charge in [0.15, 0.2) is 4.88 Å². The normalized spacial score (nSPS) is 10.6. The van der Waals surface area contributed by atoms with Gasteiger partial charge in [-0.05, 0) is 30.7 Å². The number of hydrogen-bond donors (Lipinski definition) is 1. The van der Waals surface area contributed by atoms with Crippen molar-refractivity contribution in [3.63, 3.8) is 0 Å². The Morgan fingerprint density at radius 2 is 2.10 bits per heavy atom. The molecule has 0 aliphatic carbocycles. The van der Waals surface area contributed by atoms with E-state index in [0.29, 0.717) is 6.42 Å². The number of benzene rings is 1. The Morgan fingerprint density at radius 3 is 2.75 bits per heavy atom. The first-order chi connectivity index (χ1) is 9.51. The van der Waals surface area contributed by atoms with Crippen molar-refractivity contribution in [3.8, 4) is 5.75 Å². The van der Waals surface area contributed by atoms with Gasteiger partial charge in [-0.1, -0.05) is 6.92 Å². The van der Waals surface area contributed by atoms with Crippen molar-refractivity contribution >= 4 is 17.3 Å². The van der Waals surface area contributed by atoms with Crippen molar-refractivity contribution < 1.29 is 23.4 Å². The molecule has 106 valence electrons. The van der Waals surface area contributed by atoms with Crippen molar-refractivity contribution in [2.24, 2.45) is 0 Å². The molecule has 0 fully saturated rings. The fourth-order valence-electron chi connectivity index (χ4n) is 1.66. The summed E-state index contributed by atoms with van der Waals surface area (Å²) in [5, 5.41) is 9.07. The summed E-state index contributed by atoms with van der Waals surface area (Å²) in [6.07, 6.45) is 0.683. The maximum absolute atomic E-state index is 13.4. The van der Waals surface area contributed by atoms with E-state index in [4.69, 9.17) is 9.84 Å². The monoisotopic (exact) mass is 298 g/mol. The van der Waals surface area contributed by atoms with Gasteiger partial charge < -0.3 is 9.84 Å². The Balaban J connectivity index is 2.20. The number of carboxylic acids is 1. The van der Waals surface area contributed by atoms with Gasteiger partial charge in [0.1, 0.15) is 24.0 Å². The van der Waals surface area contributed by atoms with Gasteiger partial charge in [0.05, 0.1) is 0 Å². The van der Waals surface area contributed by atoms with Crippen molar-refractivity contribution in [3.05, 3.63) is 51.2 Å². The van der Waals surface area contributed by atoms with Crippen LogP contribution in [0.5, 0.6) is 5.75 Å². The summed E-state index contributed by atoms with van der Waals surface area (Å²) in [6.45, 7) is 1.68. The fourth-order valence-corrected chi connectivity index (χ4v) is 2.54. The Labute approximate surface area is 118 Å². The van der Waals surface area contributed by atoms with Gasteiger partial charge in [0.2, 0.25) is 0 Å². The minimum absolute atomic E-state index is 0.0468. The molecule has 1 aromatic carbocycles. The molecule has 1 heterocycles. The Morgan fingerprint density at radius 1 is 1.35 bits per heavy atom. The summed E-state index contributed by atoms with van der Waals surface area (Å²) in [6, 6.07) is 4.67. The van der Waals surface area contributed by atoms with Crippen LogP contribution in [0.3, 0.4) is 0 Å². The predicted molar refractivity (Wildman–Crippen MR) is 71.3 cm³/mol. The topological polar surface area (TPSA) is 46.5 Å². The van der Waals surface area contributed by atoms with E-state index in [-0.39, 0.29) is 22.8 Å². The van der Waals surface area contributed by atoms with Crippen LogP contribution in [0.15, 0.2) is 24.3 Å². The number of carboxylic acid groups (broad SMARTS) is 1. The molecule has 0 aliphatic heterocycles. The van der Waals surface area contributed by atoms with E-state index in [2.05, 4.69) is 0 Å². The van der Waals surface area contributed by atoms with Gasteiger partial charge in [-0.25, -0.2) is 13.6 Å². The molecule has 2 rings (SSSR count). The summed E-state index contributed by atoms with van der Waals surface area (Å²) >= 11 is 1.12. The molecule has 3 nitrogen and oxygen atoms in total. The average Bonchev–Trinajstić information content (AvgIpc) is 2.83. The summed E-state index contributed by atoms with van der Waals surface area (Å²) < 4.78 is 31.8. The third-order valence-corrected chi connectivity index (χ3v) is 3.93. The number of thiophene rings is 1. The van der Waals surface area contributed by atoms with E-state index in [1.165, 1.54) is 0 Å². The number of carbonyl (C=O) groups is 1. The second-order valence-electron chi connectivity index (χ2n) is 4.09. The van der Waals surface area contributed by atoms with Crippen LogP contribution in [-0.2, 0) is 13.0 Å². The van der Waals surface area contributed by atoms with Gasteiger partial charge >= 0.3 is 5.97 Å². The van der Waals surface area contributed by atoms with Gasteiger partial charge in [-0.15, -0.1) is 11.3 Å². The second-order valence-corrected chi connectivity index (χ2v) is 5.23. The molecule has 0 amide bonds. The highest BCUT2D eigenvalue weighted by molar-refractivity contribution is 7.14. The summed E-state index contributed by atoms with van der Waals surface area (Å²) in [5.41, 5.74) is 0.0468. The number of hydrogen-bond acceptors (Lipinski definition) is 3. The van der Waals surface area contributed by atoms with E-state index in [0.717, 1.165) is 34.4 Å². The minimum Gasteiger partial charge on any atom is -0.487 e. The maximum atomic E-state index is 13.4. The van der Waals surface area contributed by atoms with E-state index >= 15 is 0 Å². The highest BCUT2D eigenvalue weighted by Crippen LogP contribution is 2.30. The summed E-state index contributed by atoms with van der Waals surface area (Å²) in [4.78, 5) is 12.0. The van der Waals surface area contributed by atoms with Gasteiger partial charge in [0, 0.05) is 10.4 Å². The van der Waals surface area contributed by atoms with Crippen LogP contribution in [0, 0.1) is 11.6 Å². The van der Waals surface area contributed by atoms with Gasteiger partial charge in [0.25, 0.3) is 0 Å². The first kappa shape index (κ1) is 14.5. The number of aryl methyl sites for hydroxylation is 1. The van der Waals surface area contributed by atoms with Crippen LogP contribution in [0.4, 0.5) is 8.78 Å². The lowest BCUT2D eigenvalue weighted by Gasteiger charge is -2.06. The smallest absolute Gasteiger partial charge is 0.349 e. The second kappa shape index (κ2) is 6.00. The lowest BCUT2D eigenvalue weighted by molar-refractivity contribution is 0.0697. The number of halogens is 2. The summed E-state index contributed by atoms with van der Waals surface area (Å²) in [5.74, 6) is -2.07. The number of ether oxygens (including phenoxy) is 1. The zero-order valence-corrected chi connectivity index (χ0v) is 11.5. The zero-order valence-electron chi connectivity index (χ0n) is 10.7. The van der Waals surface area contributed by atoms with Crippen LogP contribution in [0.1, 0.15) is 27.0 Å². The molecule has 0 atom stereocenters. The standard InChI is InChI=1S/C14H12F2O3S/c1-2-10-6-12(13(20-10)14(17)18)19-7-8-5-9(15)3-4-11(8)16/h3-6H,2,7H2,1H3,(H,17,18). The molecule has 0 saturated carbocycles. The summed E-state index contributed by atoms with van der Waals surface area (Å²) in [7, 11) is 0. The lowest BCUT2D eigenvalue weighted by atomic mass is 10.2. The van der Waals surface area contributed by atoms with E-state index in [1.54, 1.807) is 6.07 Å². The highest BCUT2D eigenvalue weighted by atomic mass is 32.1. The quantitative estimate of drug-likeness (QED) is 0.911. The van der Waals surface area contributed by atoms with Crippen LogP contribution in [0.2, 0.25) is 0 Å². The number of rotatable bonds is 5. The van der Waals surface area contributed by atoms with E-state index in [1.807, 2.05) is 6.92 Å². The number of aromatic carboxylic acids is 1. The molecule has 0 bridgehead atoms. The molecule has 6 heteroatoms. The minimum atomic E-state index is -1.09. The molecular weight excluding hydrogens is 286 g/mol. The Kier molecular flexibility index (Phi) is 4.34. The van der Waals surface area contributed by atoms with Crippen LogP contribution in [0.25, 0.3) is 0 Å². The third kappa shape index (κ3) is 3.14. The van der Waals surface area contributed by atoms with E-state index in [9.17, 15) is 13.6 Å². The molecule has 0 aliphatic rings. The first-order valence-corrected chi connectivity index (χ1v) is 6.75. The molecule has 20 heavy (non-hydrogen) atoms. The first-order valence-electron chi connectivity index (χ1n) is 5.94. The molecular formula is C14H12F2O3S. The molecule has 1 aromatic heterocycles. The van der Waals surface area contributed by atoms with Crippen molar-refractivity contribution in [1.29, 1.82) is 0 Å². The third-order valence-electron chi connectivity index (χ3n) is 2.68. The molecule has 1 N–H and O–H groups in total.